The third-order valence-electron chi connectivity index (χ3n) is 2.67. The molecule has 0 atom stereocenters. The number of hydrogen-bond acceptors (Lipinski definition) is 4. The lowest BCUT2D eigenvalue weighted by Gasteiger charge is -2.06. The molecule has 0 fully saturated rings. The topological polar surface area (TPSA) is 65.6 Å². The Morgan fingerprint density at radius 2 is 2.17 bits per heavy atom. The van der Waals surface area contributed by atoms with Gasteiger partial charge in [0.1, 0.15) is 11.6 Å². The molecular formula is C13H19N5. The van der Waals surface area contributed by atoms with E-state index in [4.69, 9.17) is 0 Å². The number of likely N-dealkylation sites (N-methyl/N-ethyl adjacent to an activating group) is 1. The Morgan fingerprint density at radius 3 is 2.94 bits per heavy atom. The predicted octanol–water partition coefficient (Wildman–Crippen LogP) is 1.22. The van der Waals surface area contributed by atoms with Crippen LogP contribution in [0.3, 0.4) is 0 Å². The second-order valence-corrected chi connectivity index (χ2v) is 4.08. The van der Waals surface area contributed by atoms with Crippen LogP contribution in [0.1, 0.15) is 11.5 Å². The fourth-order valence-corrected chi connectivity index (χ4v) is 1.70. The zero-order chi connectivity index (χ0) is 12.6. The average molecular weight is 245 g/mol. The zero-order valence-corrected chi connectivity index (χ0v) is 10.6. The first-order chi connectivity index (χ1) is 8.88. The molecule has 0 saturated carbocycles. The van der Waals surface area contributed by atoms with E-state index in [1.807, 2.05) is 25.4 Å². The lowest BCUT2D eigenvalue weighted by molar-refractivity contribution is 0.755. The number of nitrogens with zero attached hydrogens (tertiary/aromatic N) is 2. The molecule has 0 aromatic carbocycles. The van der Waals surface area contributed by atoms with E-state index in [0.29, 0.717) is 0 Å². The Kier molecular flexibility index (Phi) is 4.72. The lowest BCUT2D eigenvalue weighted by Crippen LogP contribution is -2.13. The van der Waals surface area contributed by atoms with Crippen LogP contribution in [0.2, 0.25) is 0 Å². The van der Waals surface area contributed by atoms with Gasteiger partial charge in [-0.05, 0) is 25.2 Å². The molecule has 18 heavy (non-hydrogen) atoms. The van der Waals surface area contributed by atoms with Gasteiger partial charge in [-0.15, -0.1) is 0 Å². The van der Waals surface area contributed by atoms with Crippen LogP contribution in [0.25, 0.3) is 0 Å². The molecule has 5 nitrogen and oxygen atoms in total. The van der Waals surface area contributed by atoms with Crippen molar-refractivity contribution in [2.75, 3.05) is 25.5 Å². The molecule has 2 aromatic rings. The monoisotopic (exact) mass is 245 g/mol. The summed E-state index contributed by atoms with van der Waals surface area (Å²) in [6.07, 6.45) is 5.55. The van der Waals surface area contributed by atoms with E-state index >= 15 is 0 Å². The summed E-state index contributed by atoms with van der Waals surface area (Å²) in [7, 11) is 1.93. The van der Waals surface area contributed by atoms with E-state index in [9.17, 15) is 0 Å². The van der Waals surface area contributed by atoms with Crippen molar-refractivity contribution < 1.29 is 0 Å². The molecule has 0 aliphatic rings. The Hall–Kier alpha value is -1.88. The highest BCUT2D eigenvalue weighted by atomic mass is 15.0. The zero-order valence-electron chi connectivity index (χ0n) is 10.6. The summed E-state index contributed by atoms with van der Waals surface area (Å²) in [5.41, 5.74) is 1.23. The minimum Gasteiger partial charge on any atom is -0.370 e. The molecular weight excluding hydrogens is 226 g/mol. The number of rotatable bonds is 7. The molecule has 0 amide bonds. The van der Waals surface area contributed by atoms with E-state index in [1.54, 1.807) is 6.20 Å². The Bertz CT molecular complexity index is 452. The van der Waals surface area contributed by atoms with Gasteiger partial charge in [-0.2, -0.15) is 0 Å². The minimum atomic E-state index is 0.850. The van der Waals surface area contributed by atoms with E-state index in [1.165, 1.54) is 5.69 Å². The molecule has 2 heterocycles. The lowest BCUT2D eigenvalue weighted by atomic mass is 10.3. The maximum Gasteiger partial charge on any atom is 0.131 e. The van der Waals surface area contributed by atoms with Gasteiger partial charge in [0, 0.05) is 44.0 Å². The molecule has 96 valence electrons. The molecule has 2 aromatic heterocycles. The fourth-order valence-electron chi connectivity index (χ4n) is 1.70. The molecule has 5 heteroatoms. The van der Waals surface area contributed by atoms with Crippen LogP contribution in [0, 0.1) is 0 Å². The Labute approximate surface area is 107 Å². The van der Waals surface area contributed by atoms with Crippen molar-refractivity contribution in [1.82, 2.24) is 20.3 Å². The normalized spacial score (nSPS) is 10.5. The molecule has 0 aliphatic heterocycles. The van der Waals surface area contributed by atoms with Gasteiger partial charge in [0.25, 0.3) is 0 Å². The molecule has 0 saturated heterocycles. The van der Waals surface area contributed by atoms with Crippen molar-refractivity contribution in [2.45, 2.75) is 12.8 Å². The second-order valence-electron chi connectivity index (χ2n) is 4.08. The molecule has 0 bridgehead atoms. The number of H-pyrrole nitrogens is 1. The van der Waals surface area contributed by atoms with Gasteiger partial charge in [0.2, 0.25) is 0 Å². The maximum absolute atomic E-state index is 4.46. The predicted molar refractivity (Wildman–Crippen MR) is 72.6 cm³/mol. The second kappa shape index (κ2) is 6.76. The van der Waals surface area contributed by atoms with Crippen LogP contribution in [0.5, 0.6) is 0 Å². The summed E-state index contributed by atoms with van der Waals surface area (Å²) in [5, 5.41) is 6.40. The van der Waals surface area contributed by atoms with E-state index in [2.05, 4.69) is 31.7 Å². The summed E-state index contributed by atoms with van der Waals surface area (Å²) in [6.45, 7) is 1.76. The third kappa shape index (κ3) is 3.85. The summed E-state index contributed by atoms with van der Waals surface area (Å²) in [5.74, 6) is 1.76. The van der Waals surface area contributed by atoms with Crippen molar-refractivity contribution >= 4 is 5.82 Å². The highest BCUT2D eigenvalue weighted by molar-refractivity contribution is 5.33. The van der Waals surface area contributed by atoms with Crippen LogP contribution in [0.4, 0.5) is 5.82 Å². The molecule has 0 unspecified atom stereocenters. The fraction of sp³-hybridized carbons (Fsp3) is 0.385. The van der Waals surface area contributed by atoms with Crippen LogP contribution in [-0.2, 0) is 12.8 Å². The van der Waals surface area contributed by atoms with Crippen molar-refractivity contribution in [1.29, 1.82) is 0 Å². The molecule has 2 rings (SSSR count). The maximum atomic E-state index is 4.46. The third-order valence-corrected chi connectivity index (χ3v) is 2.67. The van der Waals surface area contributed by atoms with Crippen LogP contribution in [0.15, 0.2) is 30.6 Å². The highest BCUT2D eigenvalue weighted by Gasteiger charge is 1.99. The van der Waals surface area contributed by atoms with Crippen molar-refractivity contribution in [2.24, 2.45) is 0 Å². The smallest absolute Gasteiger partial charge is 0.131 e. The van der Waals surface area contributed by atoms with Gasteiger partial charge in [-0.25, -0.2) is 9.97 Å². The molecule has 0 spiro atoms. The van der Waals surface area contributed by atoms with E-state index in [-0.39, 0.29) is 0 Å². The van der Waals surface area contributed by atoms with Crippen LogP contribution in [-0.4, -0.2) is 35.1 Å². The van der Waals surface area contributed by atoms with Gasteiger partial charge in [-0.3, -0.25) is 0 Å². The van der Waals surface area contributed by atoms with Gasteiger partial charge in [0.15, 0.2) is 0 Å². The standard InChI is InChI=1S/C13H19N5/c1-14-8-5-12-17-10-6-13(18-12)16-9-4-11-3-2-7-15-11/h2-3,6-7,10,14-15H,4-5,8-9H2,1H3,(H,16,17,18). The van der Waals surface area contributed by atoms with Gasteiger partial charge in [-0.1, -0.05) is 0 Å². The quantitative estimate of drug-likeness (QED) is 0.686. The Balaban J connectivity index is 1.81. The first-order valence-electron chi connectivity index (χ1n) is 6.21. The van der Waals surface area contributed by atoms with Gasteiger partial charge < -0.3 is 15.6 Å². The van der Waals surface area contributed by atoms with Crippen LogP contribution < -0.4 is 10.6 Å². The summed E-state index contributed by atoms with van der Waals surface area (Å²) in [6, 6.07) is 5.99. The van der Waals surface area contributed by atoms with Gasteiger partial charge in [0.05, 0.1) is 0 Å². The van der Waals surface area contributed by atoms with Crippen molar-refractivity contribution in [3.63, 3.8) is 0 Å². The molecule has 0 radical (unpaired) electrons. The minimum absolute atomic E-state index is 0.850. The number of anilines is 1. The first-order valence-corrected chi connectivity index (χ1v) is 6.21. The van der Waals surface area contributed by atoms with Crippen molar-refractivity contribution in [3.05, 3.63) is 42.1 Å². The summed E-state index contributed by atoms with van der Waals surface area (Å²) < 4.78 is 0. The molecule has 3 N–H and O–H groups in total. The number of nitrogens with one attached hydrogen (secondary N) is 3. The largest absolute Gasteiger partial charge is 0.370 e. The highest BCUT2D eigenvalue weighted by Crippen LogP contribution is 2.03. The number of aromatic nitrogens is 3. The number of hydrogen-bond donors (Lipinski definition) is 3. The van der Waals surface area contributed by atoms with Crippen molar-refractivity contribution in [3.8, 4) is 0 Å². The SMILES string of the molecule is CNCCc1nccc(NCCc2ccc[nH]2)n1. The van der Waals surface area contributed by atoms with E-state index < -0.39 is 0 Å². The van der Waals surface area contributed by atoms with E-state index in [0.717, 1.165) is 37.6 Å². The first kappa shape index (κ1) is 12.6. The Morgan fingerprint density at radius 1 is 1.22 bits per heavy atom. The number of aromatic amines is 1. The van der Waals surface area contributed by atoms with Crippen LogP contribution >= 0.6 is 0 Å². The summed E-state index contributed by atoms with van der Waals surface area (Å²) in [4.78, 5) is 11.9. The van der Waals surface area contributed by atoms with Gasteiger partial charge >= 0.3 is 0 Å². The average Bonchev–Trinajstić information content (AvgIpc) is 2.90. The summed E-state index contributed by atoms with van der Waals surface area (Å²) >= 11 is 0. The molecule has 0 aliphatic carbocycles.